The van der Waals surface area contributed by atoms with Crippen molar-refractivity contribution >= 4 is 8.07 Å². The molecule has 1 rings (SSSR count). The van der Waals surface area contributed by atoms with E-state index in [1.165, 1.54) is 0 Å². The van der Waals surface area contributed by atoms with Crippen molar-refractivity contribution in [2.45, 2.75) is 40.4 Å². The van der Waals surface area contributed by atoms with Crippen molar-refractivity contribution in [1.82, 2.24) is 0 Å². The SMILES string of the molecule is CC1=C([Si](C)(C)C)C1(C)C. The van der Waals surface area contributed by atoms with Gasteiger partial charge in [-0.25, -0.2) is 0 Å². The number of hydrogen-bond acceptors (Lipinski definition) is 0. The molecule has 1 aliphatic carbocycles. The van der Waals surface area contributed by atoms with E-state index in [1.54, 1.807) is 10.8 Å². The minimum absolute atomic E-state index is 0.504. The first-order chi connectivity index (χ1) is 4.28. The predicted octanol–water partition coefficient (Wildman–Crippen LogP) is 3.22. The molecule has 0 saturated carbocycles. The van der Waals surface area contributed by atoms with Crippen molar-refractivity contribution in [1.29, 1.82) is 0 Å². The first kappa shape index (κ1) is 8.06. The molecule has 0 aromatic heterocycles. The second-order valence-electron chi connectivity index (χ2n) is 4.88. The van der Waals surface area contributed by atoms with E-state index in [9.17, 15) is 0 Å². The summed E-state index contributed by atoms with van der Waals surface area (Å²) in [6.45, 7) is 14.3. The van der Waals surface area contributed by atoms with Gasteiger partial charge in [-0.05, 0) is 6.92 Å². The molecule has 0 fully saturated rings. The summed E-state index contributed by atoms with van der Waals surface area (Å²) < 4.78 is 0. The van der Waals surface area contributed by atoms with Crippen LogP contribution in [0.15, 0.2) is 10.8 Å². The van der Waals surface area contributed by atoms with Gasteiger partial charge >= 0.3 is 0 Å². The molecule has 1 aliphatic rings. The van der Waals surface area contributed by atoms with Crippen LogP contribution in [0.5, 0.6) is 0 Å². The van der Waals surface area contributed by atoms with Crippen molar-refractivity contribution in [2.24, 2.45) is 5.41 Å². The Morgan fingerprint density at radius 3 is 1.40 bits per heavy atom. The van der Waals surface area contributed by atoms with Gasteiger partial charge in [-0.2, -0.15) is 0 Å². The number of allylic oxidation sites excluding steroid dienone is 2. The van der Waals surface area contributed by atoms with Crippen molar-refractivity contribution < 1.29 is 0 Å². The zero-order valence-corrected chi connectivity index (χ0v) is 9.00. The zero-order chi connectivity index (χ0) is 8.15. The molecular formula is C9H18Si. The second kappa shape index (κ2) is 1.76. The minimum atomic E-state index is -0.942. The molecule has 0 bridgehead atoms. The van der Waals surface area contributed by atoms with E-state index in [0.717, 1.165) is 0 Å². The van der Waals surface area contributed by atoms with E-state index in [0.29, 0.717) is 5.41 Å². The predicted molar refractivity (Wildman–Crippen MR) is 49.8 cm³/mol. The Hall–Kier alpha value is -0.0431. The van der Waals surface area contributed by atoms with Crippen molar-refractivity contribution in [3.8, 4) is 0 Å². The highest BCUT2D eigenvalue weighted by atomic mass is 28.3. The summed E-state index contributed by atoms with van der Waals surface area (Å²) in [5.41, 5.74) is 2.16. The van der Waals surface area contributed by atoms with E-state index >= 15 is 0 Å². The van der Waals surface area contributed by atoms with Crippen LogP contribution in [0.4, 0.5) is 0 Å². The van der Waals surface area contributed by atoms with Gasteiger partial charge in [-0.3, -0.25) is 0 Å². The quantitative estimate of drug-likeness (QED) is 0.509. The summed E-state index contributed by atoms with van der Waals surface area (Å²) in [6.07, 6.45) is 0. The van der Waals surface area contributed by atoms with Crippen LogP contribution in [0.1, 0.15) is 20.8 Å². The highest BCUT2D eigenvalue weighted by molar-refractivity contribution is 6.84. The molecule has 0 spiro atoms. The third-order valence-corrected chi connectivity index (χ3v) is 5.12. The summed E-state index contributed by atoms with van der Waals surface area (Å²) in [5.74, 6) is 0. The van der Waals surface area contributed by atoms with Gasteiger partial charge in [0.25, 0.3) is 0 Å². The lowest BCUT2D eigenvalue weighted by Crippen LogP contribution is -2.22. The lowest BCUT2D eigenvalue weighted by atomic mass is 10.1. The second-order valence-corrected chi connectivity index (χ2v) is 9.88. The van der Waals surface area contributed by atoms with Gasteiger partial charge in [0.05, 0.1) is 8.07 Å². The topological polar surface area (TPSA) is 0 Å². The summed E-state index contributed by atoms with van der Waals surface area (Å²) in [7, 11) is -0.942. The highest BCUT2D eigenvalue weighted by Gasteiger charge is 2.47. The molecule has 58 valence electrons. The average Bonchev–Trinajstić information content (AvgIpc) is 2.03. The first-order valence-electron chi connectivity index (χ1n) is 4.00. The molecule has 10 heavy (non-hydrogen) atoms. The Morgan fingerprint density at radius 2 is 1.40 bits per heavy atom. The van der Waals surface area contributed by atoms with Crippen LogP contribution in [0, 0.1) is 5.41 Å². The van der Waals surface area contributed by atoms with Gasteiger partial charge in [0, 0.05) is 5.41 Å². The third-order valence-electron chi connectivity index (χ3n) is 2.62. The molecule has 0 aliphatic heterocycles. The molecule has 0 N–H and O–H groups in total. The van der Waals surface area contributed by atoms with Gasteiger partial charge in [-0.1, -0.05) is 44.3 Å². The van der Waals surface area contributed by atoms with E-state index in [4.69, 9.17) is 0 Å². The Labute approximate surface area is 65.3 Å². The molecule has 0 aromatic carbocycles. The van der Waals surface area contributed by atoms with Gasteiger partial charge in [-0.15, -0.1) is 0 Å². The maximum Gasteiger partial charge on any atom is 0.0735 e. The number of rotatable bonds is 1. The van der Waals surface area contributed by atoms with Crippen LogP contribution in [0.25, 0.3) is 0 Å². The summed E-state index contributed by atoms with van der Waals surface area (Å²) in [5, 5.41) is 1.79. The molecule has 0 radical (unpaired) electrons. The molecule has 0 heterocycles. The zero-order valence-electron chi connectivity index (χ0n) is 8.00. The molecule has 0 saturated heterocycles. The Kier molecular flexibility index (Phi) is 1.42. The third kappa shape index (κ3) is 0.967. The maximum atomic E-state index is 2.43. The van der Waals surface area contributed by atoms with Crippen LogP contribution < -0.4 is 0 Å². The lowest BCUT2D eigenvalue weighted by molar-refractivity contribution is 0.689. The van der Waals surface area contributed by atoms with Crippen molar-refractivity contribution in [2.75, 3.05) is 0 Å². The molecule has 0 aromatic rings. The van der Waals surface area contributed by atoms with Gasteiger partial charge < -0.3 is 0 Å². The maximum absolute atomic E-state index is 2.43. The summed E-state index contributed by atoms with van der Waals surface area (Å²) >= 11 is 0. The fourth-order valence-corrected chi connectivity index (χ4v) is 5.59. The van der Waals surface area contributed by atoms with Crippen molar-refractivity contribution in [3.63, 3.8) is 0 Å². The summed E-state index contributed by atoms with van der Waals surface area (Å²) in [6, 6.07) is 0. The van der Waals surface area contributed by atoms with E-state index in [-0.39, 0.29) is 0 Å². The average molecular weight is 154 g/mol. The van der Waals surface area contributed by atoms with E-state index < -0.39 is 8.07 Å². The molecule has 0 atom stereocenters. The monoisotopic (exact) mass is 154 g/mol. The van der Waals surface area contributed by atoms with E-state index in [2.05, 4.69) is 40.4 Å². The first-order valence-corrected chi connectivity index (χ1v) is 7.50. The minimum Gasteiger partial charge on any atom is -0.0719 e. The van der Waals surface area contributed by atoms with Crippen LogP contribution in [-0.4, -0.2) is 8.07 Å². The van der Waals surface area contributed by atoms with Crippen LogP contribution >= 0.6 is 0 Å². The van der Waals surface area contributed by atoms with Crippen LogP contribution in [-0.2, 0) is 0 Å². The van der Waals surface area contributed by atoms with E-state index in [1.807, 2.05) is 0 Å². The summed E-state index contributed by atoms with van der Waals surface area (Å²) in [4.78, 5) is 0. The largest absolute Gasteiger partial charge is 0.0735 e. The highest BCUT2D eigenvalue weighted by Crippen LogP contribution is 2.55. The van der Waals surface area contributed by atoms with Crippen LogP contribution in [0.3, 0.4) is 0 Å². The lowest BCUT2D eigenvalue weighted by Gasteiger charge is -2.16. The standard InChI is InChI=1S/C9H18Si/c1-7-8(9(7,2)3)10(4,5)6/h1-6H3. The van der Waals surface area contributed by atoms with Gasteiger partial charge in [0.2, 0.25) is 0 Å². The van der Waals surface area contributed by atoms with Crippen molar-refractivity contribution in [3.05, 3.63) is 10.8 Å². The fraction of sp³-hybridized carbons (Fsp3) is 0.778. The number of hydrogen-bond donors (Lipinski definition) is 0. The Balaban J connectivity index is 2.82. The van der Waals surface area contributed by atoms with Crippen LogP contribution in [0.2, 0.25) is 19.6 Å². The Bertz CT molecular complexity index is 191. The molecule has 0 amide bonds. The fourth-order valence-electron chi connectivity index (χ4n) is 2.16. The van der Waals surface area contributed by atoms with Gasteiger partial charge in [0.1, 0.15) is 0 Å². The Morgan fingerprint density at radius 1 is 1.10 bits per heavy atom. The molecular weight excluding hydrogens is 136 g/mol. The molecule has 0 nitrogen and oxygen atoms in total. The normalized spacial score (nSPS) is 23.4. The smallest absolute Gasteiger partial charge is 0.0719 e. The molecule has 0 unspecified atom stereocenters. The molecule has 1 heteroatoms. The van der Waals surface area contributed by atoms with Gasteiger partial charge in [0.15, 0.2) is 0 Å².